The SMILES string of the molecule is c1ccc(-c2ccc(-c3ccc(N(c4ccc5c(c4)C(c4ccccc4)(c4ccccc4)c4ccccc4-5)c4ccc5c(c4)C4(c6ccccc6-5)c5ccccc5-n5c6ccccc6c6cccc4c65)cc3)cc2)cc1. The van der Waals surface area contributed by atoms with E-state index in [1.165, 1.54) is 117 Å². The lowest BCUT2D eigenvalue weighted by atomic mass is 9.65. The van der Waals surface area contributed by atoms with E-state index in [2.05, 4.69) is 301 Å². The molecule has 0 saturated carbocycles. The van der Waals surface area contributed by atoms with Crippen LogP contribution in [0.4, 0.5) is 17.1 Å². The van der Waals surface area contributed by atoms with Crippen molar-refractivity contribution in [1.29, 1.82) is 0 Å². The summed E-state index contributed by atoms with van der Waals surface area (Å²) in [5.41, 5.74) is 26.0. The molecule has 0 N–H and O–H groups in total. The standard InChI is InChI=1S/C74H48N2/c1-4-19-49(20-5-1)50-35-37-51(38-36-50)52-39-41-55(42-40-52)75(56-43-45-60-58-25-10-13-29-64(58)73(68(60)47-56,53-21-6-2-7-22-53)54-23-8-3-9-24-54)57-44-46-61-59-26-11-14-30-65(59)74(69(61)48-57)66-31-15-17-34-71(66)76-70-33-16-12-27-62(70)63-28-18-32-67(74)72(63)76/h1-48H. The molecule has 2 heteroatoms. The van der Waals surface area contributed by atoms with E-state index in [1.54, 1.807) is 0 Å². The maximum atomic E-state index is 2.53. The van der Waals surface area contributed by atoms with Gasteiger partial charge in [0.1, 0.15) is 0 Å². The molecule has 2 heterocycles. The number of hydrogen-bond acceptors (Lipinski definition) is 1. The highest BCUT2D eigenvalue weighted by atomic mass is 15.1. The van der Waals surface area contributed by atoms with E-state index in [0.717, 1.165) is 17.1 Å². The van der Waals surface area contributed by atoms with E-state index in [0.29, 0.717) is 0 Å². The molecule has 2 nitrogen and oxygen atoms in total. The van der Waals surface area contributed by atoms with Crippen LogP contribution in [0.3, 0.4) is 0 Å². The van der Waals surface area contributed by atoms with E-state index in [9.17, 15) is 0 Å². The molecule has 0 fully saturated rings. The quantitative estimate of drug-likeness (QED) is 0.155. The van der Waals surface area contributed by atoms with E-state index in [-0.39, 0.29) is 0 Å². The van der Waals surface area contributed by atoms with Crippen LogP contribution in [0.15, 0.2) is 291 Å². The minimum Gasteiger partial charge on any atom is -0.310 e. The Morgan fingerprint density at radius 3 is 1.30 bits per heavy atom. The van der Waals surface area contributed by atoms with Crippen LogP contribution in [-0.4, -0.2) is 4.57 Å². The van der Waals surface area contributed by atoms with Gasteiger partial charge in [0.25, 0.3) is 0 Å². The molecule has 354 valence electrons. The number of aromatic nitrogens is 1. The van der Waals surface area contributed by atoms with Gasteiger partial charge in [-0.2, -0.15) is 0 Å². The fourth-order valence-corrected chi connectivity index (χ4v) is 14.0. The molecule has 0 radical (unpaired) electrons. The van der Waals surface area contributed by atoms with Crippen molar-refractivity contribution in [2.75, 3.05) is 4.90 Å². The van der Waals surface area contributed by atoms with Crippen molar-refractivity contribution >= 4 is 38.9 Å². The molecule has 0 bridgehead atoms. The molecule has 3 aliphatic rings. The van der Waals surface area contributed by atoms with Crippen molar-refractivity contribution in [3.05, 3.63) is 336 Å². The lowest BCUT2D eigenvalue weighted by Crippen LogP contribution is -2.33. The van der Waals surface area contributed by atoms with Gasteiger partial charge in [-0.15, -0.1) is 0 Å². The Bertz CT molecular complexity index is 4400. The fraction of sp³-hybridized carbons (Fsp3) is 0.0270. The Labute approximate surface area is 442 Å². The number of benzene rings is 12. The van der Waals surface area contributed by atoms with Crippen LogP contribution in [0.1, 0.15) is 44.5 Å². The van der Waals surface area contributed by atoms with E-state index in [4.69, 9.17) is 0 Å². The second-order valence-corrected chi connectivity index (χ2v) is 20.7. The molecular formula is C74H48N2. The predicted octanol–water partition coefficient (Wildman–Crippen LogP) is 18.6. The van der Waals surface area contributed by atoms with Gasteiger partial charge in [0.05, 0.1) is 27.6 Å². The van der Waals surface area contributed by atoms with Gasteiger partial charge in [-0.1, -0.05) is 243 Å². The molecule has 1 aliphatic heterocycles. The third-order valence-electron chi connectivity index (χ3n) is 17.1. The van der Waals surface area contributed by atoms with Gasteiger partial charge in [0.15, 0.2) is 0 Å². The lowest BCUT2D eigenvalue weighted by Gasteiger charge is -2.40. The van der Waals surface area contributed by atoms with Crippen LogP contribution in [0.5, 0.6) is 0 Å². The predicted molar refractivity (Wildman–Crippen MR) is 315 cm³/mol. The monoisotopic (exact) mass is 964 g/mol. The number of fused-ring (bicyclic) bond motifs is 15. The maximum Gasteiger partial charge on any atom is 0.0755 e. The van der Waals surface area contributed by atoms with Crippen molar-refractivity contribution in [1.82, 2.24) is 4.57 Å². The molecule has 76 heavy (non-hydrogen) atoms. The highest BCUT2D eigenvalue weighted by Crippen LogP contribution is 2.62. The van der Waals surface area contributed by atoms with Crippen LogP contribution in [0.2, 0.25) is 0 Å². The van der Waals surface area contributed by atoms with Crippen molar-refractivity contribution in [3.63, 3.8) is 0 Å². The average Bonchev–Trinajstić information content (AvgIpc) is 4.31. The third kappa shape index (κ3) is 5.81. The second-order valence-electron chi connectivity index (χ2n) is 20.7. The minimum atomic E-state index is -0.598. The van der Waals surface area contributed by atoms with Crippen molar-refractivity contribution in [2.45, 2.75) is 10.8 Å². The Morgan fingerprint density at radius 1 is 0.263 bits per heavy atom. The molecule has 13 aromatic rings. The summed E-state index contributed by atoms with van der Waals surface area (Å²) in [6.07, 6.45) is 0. The highest BCUT2D eigenvalue weighted by molar-refractivity contribution is 6.13. The zero-order valence-corrected chi connectivity index (χ0v) is 41.6. The van der Waals surface area contributed by atoms with Gasteiger partial charge in [-0.05, 0) is 138 Å². The zero-order valence-electron chi connectivity index (χ0n) is 41.6. The summed E-state index contributed by atoms with van der Waals surface area (Å²) in [4.78, 5) is 2.51. The first-order valence-corrected chi connectivity index (χ1v) is 26.5. The molecule has 12 aromatic carbocycles. The summed E-state index contributed by atoms with van der Waals surface area (Å²) in [6, 6.07) is 109. The van der Waals surface area contributed by atoms with Crippen LogP contribution >= 0.6 is 0 Å². The number of para-hydroxylation sites is 3. The molecule has 16 rings (SSSR count). The largest absolute Gasteiger partial charge is 0.310 e. The van der Waals surface area contributed by atoms with E-state index >= 15 is 0 Å². The van der Waals surface area contributed by atoms with Crippen LogP contribution < -0.4 is 4.90 Å². The molecule has 2 aliphatic carbocycles. The first-order chi connectivity index (χ1) is 37.7. The summed E-state index contributed by atoms with van der Waals surface area (Å²) < 4.78 is 2.53. The number of anilines is 3. The van der Waals surface area contributed by atoms with Crippen LogP contribution in [-0.2, 0) is 10.8 Å². The topological polar surface area (TPSA) is 8.17 Å². The van der Waals surface area contributed by atoms with Gasteiger partial charge in [0, 0.05) is 27.8 Å². The highest BCUT2D eigenvalue weighted by Gasteiger charge is 2.51. The zero-order chi connectivity index (χ0) is 50.0. The van der Waals surface area contributed by atoms with Crippen molar-refractivity contribution in [2.24, 2.45) is 0 Å². The Balaban J connectivity index is 0.945. The minimum absolute atomic E-state index is 0.557. The van der Waals surface area contributed by atoms with Crippen molar-refractivity contribution in [3.8, 4) is 50.2 Å². The summed E-state index contributed by atoms with van der Waals surface area (Å²) >= 11 is 0. The van der Waals surface area contributed by atoms with Crippen LogP contribution in [0, 0.1) is 0 Å². The smallest absolute Gasteiger partial charge is 0.0755 e. The third-order valence-corrected chi connectivity index (χ3v) is 17.1. The Hall–Kier alpha value is -9.76. The summed E-state index contributed by atoms with van der Waals surface area (Å²) in [5.74, 6) is 0. The molecule has 1 atom stereocenters. The lowest BCUT2D eigenvalue weighted by molar-refractivity contribution is 0.748. The van der Waals surface area contributed by atoms with Gasteiger partial charge in [-0.3, -0.25) is 0 Å². The molecule has 1 aromatic heterocycles. The summed E-state index contributed by atoms with van der Waals surface area (Å²) in [7, 11) is 0. The molecular weight excluding hydrogens is 917 g/mol. The van der Waals surface area contributed by atoms with Gasteiger partial charge in [-0.25, -0.2) is 0 Å². The van der Waals surface area contributed by atoms with Gasteiger partial charge >= 0.3 is 0 Å². The molecule has 1 unspecified atom stereocenters. The van der Waals surface area contributed by atoms with E-state index in [1.807, 2.05) is 0 Å². The van der Waals surface area contributed by atoms with Gasteiger partial charge in [0.2, 0.25) is 0 Å². The van der Waals surface area contributed by atoms with Crippen molar-refractivity contribution < 1.29 is 0 Å². The second kappa shape index (κ2) is 16.4. The normalized spacial score (nSPS) is 15.0. The van der Waals surface area contributed by atoms with Crippen LogP contribution in [0.25, 0.3) is 72.0 Å². The number of nitrogens with zero attached hydrogens (tertiary/aromatic N) is 2. The fourth-order valence-electron chi connectivity index (χ4n) is 14.0. The van der Waals surface area contributed by atoms with Gasteiger partial charge < -0.3 is 9.47 Å². The number of rotatable bonds is 7. The molecule has 1 spiro atoms. The molecule has 0 saturated heterocycles. The Kier molecular flexibility index (Phi) is 9.20. The van der Waals surface area contributed by atoms with E-state index < -0.39 is 10.8 Å². The summed E-state index contributed by atoms with van der Waals surface area (Å²) in [5, 5.41) is 2.55. The average molecular weight is 965 g/mol. The molecule has 0 amide bonds. The first kappa shape index (κ1) is 42.7. The number of hydrogen-bond donors (Lipinski definition) is 0. The maximum absolute atomic E-state index is 2.53. The first-order valence-electron chi connectivity index (χ1n) is 26.5. The summed E-state index contributed by atoms with van der Waals surface area (Å²) in [6.45, 7) is 0. The Morgan fingerprint density at radius 2 is 0.684 bits per heavy atom.